The van der Waals surface area contributed by atoms with E-state index in [1.807, 2.05) is 6.92 Å². The van der Waals surface area contributed by atoms with Crippen LogP contribution in [0.5, 0.6) is 0 Å². The number of aliphatic hydroxyl groups excluding tert-OH is 1. The molecule has 2 amide bonds. The highest BCUT2D eigenvalue weighted by molar-refractivity contribution is 9.09. The first-order valence-electron chi connectivity index (χ1n) is 11.2. The number of likely N-dealkylation sites (tertiary alicyclic amines) is 1. The minimum atomic E-state index is -1.13. The number of carboxylic acids is 1. The summed E-state index contributed by atoms with van der Waals surface area (Å²) in [6.07, 6.45) is 5.20. The molecule has 8 nitrogen and oxygen atoms in total. The van der Waals surface area contributed by atoms with Gasteiger partial charge >= 0.3 is 5.97 Å². The monoisotopic (exact) mass is 500 g/mol. The minimum Gasteiger partial charge on any atom is -0.481 e. The molecule has 3 heterocycles. The highest BCUT2D eigenvalue weighted by Crippen LogP contribution is 2.60. The number of halogens is 1. The lowest BCUT2D eigenvalue weighted by atomic mass is 9.70. The van der Waals surface area contributed by atoms with Crippen LogP contribution in [0.1, 0.15) is 45.4 Å². The van der Waals surface area contributed by atoms with Crippen LogP contribution in [0.25, 0.3) is 0 Å². The van der Waals surface area contributed by atoms with E-state index in [2.05, 4.69) is 22.5 Å². The van der Waals surface area contributed by atoms with Gasteiger partial charge in [0.15, 0.2) is 0 Å². The summed E-state index contributed by atoms with van der Waals surface area (Å²) >= 11 is 3.55. The second-order valence-electron chi connectivity index (χ2n) is 8.74. The lowest BCUT2D eigenvalue weighted by molar-refractivity contribution is -0.150. The van der Waals surface area contributed by atoms with Crippen LogP contribution in [-0.2, 0) is 19.1 Å². The maximum Gasteiger partial charge on any atom is 0.310 e. The molecule has 3 aliphatic heterocycles. The van der Waals surface area contributed by atoms with Gasteiger partial charge in [0.05, 0.1) is 17.9 Å². The first kappa shape index (κ1) is 24.2. The Hall–Kier alpha value is -1.45. The highest BCUT2D eigenvalue weighted by Gasteiger charge is 2.76. The Kier molecular flexibility index (Phi) is 7.81. The minimum absolute atomic E-state index is 0.0736. The summed E-state index contributed by atoms with van der Waals surface area (Å²) in [5.74, 6) is -3.38. The number of carbonyl (C=O) groups excluding carboxylic acids is 2. The molecule has 2 N–H and O–H groups in total. The molecule has 3 fully saturated rings. The van der Waals surface area contributed by atoms with E-state index in [0.29, 0.717) is 38.9 Å². The number of carbonyl (C=O) groups is 3. The molecule has 2 bridgehead atoms. The van der Waals surface area contributed by atoms with E-state index in [1.54, 1.807) is 15.9 Å². The molecule has 3 unspecified atom stereocenters. The molecule has 3 rings (SSSR count). The van der Waals surface area contributed by atoms with Crippen molar-refractivity contribution in [1.29, 1.82) is 0 Å². The average Bonchev–Trinajstić information content (AvgIpc) is 3.32. The third-order valence-electron chi connectivity index (χ3n) is 6.81. The molecule has 31 heavy (non-hydrogen) atoms. The Labute approximate surface area is 191 Å². The van der Waals surface area contributed by atoms with E-state index in [-0.39, 0.29) is 23.2 Å². The second-order valence-corrected chi connectivity index (χ2v) is 9.92. The summed E-state index contributed by atoms with van der Waals surface area (Å²) in [7, 11) is 0. The topological polar surface area (TPSA) is 107 Å². The number of fused-ring (bicyclic) bond motifs is 1. The van der Waals surface area contributed by atoms with Crippen molar-refractivity contribution in [1.82, 2.24) is 9.80 Å². The molecule has 6 atom stereocenters. The third-order valence-corrected chi connectivity index (χ3v) is 7.65. The Morgan fingerprint density at radius 3 is 2.71 bits per heavy atom. The summed E-state index contributed by atoms with van der Waals surface area (Å²) in [5, 5.41) is 18.9. The number of hydrogen-bond donors (Lipinski definition) is 2. The van der Waals surface area contributed by atoms with Crippen molar-refractivity contribution in [2.75, 3.05) is 26.2 Å². The van der Waals surface area contributed by atoms with Gasteiger partial charge in [-0.2, -0.15) is 0 Å². The van der Waals surface area contributed by atoms with E-state index in [4.69, 9.17) is 9.84 Å². The van der Waals surface area contributed by atoms with Crippen LogP contribution in [0, 0.1) is 11.8 Å². The van der Waals surface area contributed by atoms with Crippen molar-refractivity contribution in [3.05, 3.63) is 12.7 Å². The molecule has 3 saturated heterocycles. The number of nitrogens with zero attached hydrogens (tertiary/aromatic N) is 2. The fraction of sp³-hybridized carbons (Fsp3) is 0.773. The number of aliphatic carboxylic acids is 1. The van der Waals surface area contributed by atoms with E-state index in [1.165, 1.54) is 0 Å². The van der Waals surface area contributed by atoms with Gasteiger partial charge in [0, 0.05) is 31.1 Å². The molecular weight excluding hydrogens is 468 g/mol. The summed E-state index contributed by atoms with van der Waals surface area (Å²) in [6, 6.07) is -0.842. The predicted octanol–water partition coefficient (Wildman–Crippen LogP) is 1.80. The standard InChI is InChI=1S/C22H33BrN2O6/c1-3-5-10-24(9-4-2)20(28)18-22-13-14(23)17(31-22)15(21(29)30)16(22)19(27)25(18)11-7-6-8-12-26/h4,14-18,26H,2-3,5-13H2,1H3,(H,29,30)/t14?,15-,16+,17-,18?,22?/m1/s1. The quantitative estimate of drug-likeness (QED) is 0.240. The Morgan fingerprint density at radius 1 is 1.35 bits per heavy atom. The number of unbranched alkanes of at least 4 members (excludes halogenated alkanes) is 3. The molecule has 0 aliphatic carbocycles. The highest BCUT2D eigenvalue weighted by atomic mass is 79.9. The maximum absolute atomic E-state index is 13.8. The number of alkyl halides is 1. The number of carboxylic acid groups (broad SMARTS) is 1. The molecule has 0 radical (unpaired) electrons. The Bertz CT molecular complexity index is 718. The number of ether oxygens (including phenoxy) is 1. The van der Waals surface area contributed by atoms with Crippen LogP contribution in [0.3, 0.4) is 0 Å². The number of hydrogen-bond acceptors (Lipinski definition) is 5. The molecule has 3 aliphatic rings. The van der Waals surface area contributed by atoms with E-state index in [0.717, 1.165) is 19.3 Å². The van der Waals surface area contributed by atoms with Crippen LogP contribution in [-0.4, -0.2) is 86.6 Å². The average molecular weight is 501 g/mol. The van der Waals surface area contributed by atoms with Gasteiger partial charge in [0.2, 0.25) is 11.8 Å². The van der Waals surface area contributed by atoms with Crippen LogP contribution in [0.2, 0.25) is 0 Å². The molecule has 174 valence electrons. The van der Waals surface area contributed by atoms with Gasteiger partial charge in [0.1, 0.15) is 11.6 Å². The summed E-state index contributed by atoms with van der Waals surface area (Å²) in [4.78, 5) is 42.4. The lowest BCUT2D eigenvalue weighted by Crippen LogP contribution is -2.57. The van der Waals surface area contributed by atoms with Crippen molar-refractivity contribution in [3.63, 3.8) is 0 Å². The van der Waals surface area contributed by atoms with Crippen LogP contribution in [0.15, 0.2) is 12.7 Å². The second kappa shape index (κ2) is 10.0. The number of amides is 2. The zero-order valence-electron chi connectivity index (χ0n) is 18.0. The normalized spacial score (nSPS) is 33.6. The number of rotatable bonds is 12. The van der Waals surface area contributed by atoms with Gasteiger partial charge in [-0.1, -0.05) is 35.4 Å². The zero-order chi connectivity index (χ0) is 22.8. The molecule has 0 aromatic carbocycles. The van der Waals surface area contributed by atoms with Crippen LogP contribution < -0.4 is 0 Å². The van der Waals surface area contributed by atoms with Crippen LogP contribution in [0.4, 0.5) is 0 Å². The van der Waals surface area contributed by atoms with Gasteiger partial charge in [-0.25, -0.2) is 0 Å². The van der Waals surface area contributed by atoms with Crippen molar-refractivity contribution in [2.24, 2.45) is 11.8 Å². The van der Waals surface area contributed by atoms with Crippen molar-refractivity contribution >= 4 is 33.7 Å². The van der Waals surface area contributed by atoms with Gasteiger partial charge in [-0.15, -0.1) is 6.58 Å². The summed E-state index contributed by atoms with van der Waals surface area (Å²) < 4.78 is 6.26. The van der Waals surface area contributed by atoms with Gasteiger partial charge in [0.25, 0.3) is 0 Å². The molecule has 9 heteroatoms. The number of aliphatic hydroxyl groups is 1. The smallest absolute Gasteiger partial charge is 0.310 e. The molecular formula is C22H33BrN2O6. The van der Waals surface area contributed by atoms with Crippen LogP contribution >= 0.6 is 15.9 Å². The summed E-state index contributed by atoms with van der Waals surface area (Å²) in [6.45, 7) is 7.15. The maximum atomic E-state index is 13.8. The zero-order valence-corrected chi connectivity index (χ0v) is 19.6. The van der Waals surface area contributed by atoms with E-state index >= 15 is 0 Å². The van der Waals surface area contributed by atoms with Crippen molar-refractivity contribution < 1.29 is 29.3 Å². The van der Waals surface area contributed by atoms with E-state index in [9.17, 15) is 19.5 Å². The summed E-state index contributed by atoms with van der Waals surface area (Å²) in [5.41, 5.74) is -1.13. The first-order valence-corrected chi connectivity index (χ1v) is 12.1. The fourth-order valence-corrected chi connectivity index (χ4v) is 6.41. The largest absolute Gasteiger partial charge is 0.481 e. The predicted molar refractivity (Wildman–Crippen MR) is 118 cm³/mol. The molecule has 0 saturated carbocycles. The molecule has 1 spiro atoms. The van der Waals surface area contributed by atoms with Crippen molar-refractivity contribution in [2.45, 2.75) is 68.0 Å². The van der Waals surface area contributed by atoms with E-state index < -0.39 is 35.6 Å². The fourth-order valence-electron chi connectivity index (χ4n) is 5.47. The Balaban J connectivity index is 1.96. The van der Waals surface area contributed by atoms with Gasteiger partial charge in [-0.3, -0.25) is 14.4 Å². The van der Waals surface area contributed by atoms with Crippen molar-refractivity contribution in [3.8, 4) is 0 Å². The molecule has 0 aromatic rings. The van der Waals surface area contributed by atoms with Gasteiger partial charge in [-0.05, 0) is 32.1 Å². The first-order chi connectivity index (χ1) is 14.8. The SMILES string of the molecule is C=CCN(CCCC)C(=O)C1N(CCCCCO)C(=O)[C@@H]2[C@@H](C(=O)O)[C@@H]3OC12CC3Br. The lowest BCUT2D eigenvalue weighted by Gasteiger charge is -2.37. The van der Waals surface area contributed by atoms with Gasteiger partial charge < -0.3 is 24.7 Å². The molecule has 0 aromatic heterocycles. The Morgan fingerprint density at radius 2 is 2.10 bits per heavy atom. The third kappa shape index (κ3) is 4.16.